The fourth-order valence-electron chi connectivity index (χ4n) is 1.98. The minimum atomic E-state index is 0.398. The molecule has 2 heterocycles. The SMILES string of the molecule is COc1cccc(Cn2cnc3c(N)ncnc32)c1. The van der Waals surface area contributed by atoms with Crippen LogP contribution in [0.2, 0.25) is 0 Å². The predicted octanol–water partition coefficient (Wildman–Crippen LogP) is 1.47. The average Bonchev–Trinajstić information content (AvgIpc) is 2.84. The Labute approximate surface area is 109 Å². The summed E-state index contributed by atoms with van der Waals surface area (Å²) in [7, 11) is 1.65. The number of methoxy groups -OCH3 is 1. The van der Waals surface area contributed by atoms with E-state index in [0.717, 1.165) is 17.0 Å². The molecule has 96 valence electrons. The van der Waals surface area contributed by atoms with Gasteiger partial charge in [0.2, 0.25) is 0 Å². The van der Waals surface area contributed by atoms with Crippen molar-refractivity contribution in [1.29, 1.82) is 0 Å². The van der Waals surface area contributed by atoms with Gasteiger partial charge in [0.25, 0.3) is 0 Å². The van der Waals surface area contributed by atoms with Crippen LogP contribution in [0.1, 0.15) is 5.56 Å². The van der Waals surface area contributed by atoms with Crippen LogP contribution in [0.5, 0.6) is 5.75 Å². The van der Waals surface area contributed by atoms with Crippen LogP contribution in [0.15, 0.2) is 36.9 Å². The highest BCUT2D eigenvalue weighted by molar-refractivity contribution is 5.81. The molecule has 0 aliphatic rings. The van der Waals surface area contributed by atoms with Crippen molar-refractivity contribution < 1.29 is 4.74 Å². The minimum Gasteiger partial charge on any atom is -0.497 e. The van der Waals surface area contributed by atoms with Crippen LogP contribution in [0.3, 0.4) is 0 Å². The summed E-state index contributed by atoms with van der Waals surface area (Å²) in [5.41, 5.74) is 8.23. The third-order valence-electron chi connectivity index (χ3n) is 2.92. The van der Waals surface area contributed by atoms with E-state index >= 15 is 0 Å². The normalized spacial score (nSPS) is 10.8. The van der Waals surface area contributed by atoms with E-state index in [2.05, 4.69) is 15.0 Å². The van der Waals surface area contributed by atoms with Crippen molar-refractivity contribution in [2.45, 2.75) is 6.54 Å². The number of hydrogen-bond donors (Lipinski definition) is 1. The molecule has 0 atom stereocenters. The second kappa shape index (κ2) is 4.56. The zero-order chi connectivity index (χ0) is 13.2. The zero-order valence-electron chi connectivity index (χ0n) is 10.4. The first-order valence-electron chi connectivity index (χ1n) is 5.82. The summed E-state index contributed by atoms with van der Waals surface area (Å²) >= 11 is 0. The molecule has 3 aromatic rings. The third kappa shape index (κ3) is 2.08. The molecule has 6 heteroatoms. The zero-order valence-corrected chi connectivity index (χ0v) is 10.4. The standard InChI is InChI=1S/C13H13N5O/c1-19-10-4-2-3-9(5-10)6-18-8-17-11-12(14)15-7-16-13(11)18/h2-5,7-8H,6H2,1H3,(H2,14,15,16). The number of ether oxygens (including phenoxy) is 1. The molecule has 0 fully saturated rings. The first-order chi connectivity index (χ1) is 9.28. The first-order valence-corrected chi connectivity index (χ1v) is 5.82. The Kier molecular flexibility index (Phi) is 2.75. The van der Waals surface area contributed by atoms with Crippen molar-refractivity contribution in [1.82, 2.24) is 19.5 Å². The van der Waals surface area contributed by atoms with Crippen molar-refractivity contribution in [3.8, 4) is 5.75 Å². The van der Waals surface area contributed by atoms with Crippen molar-refractivity contribution in [2.24, 2.45) is 0 Å². The lowest BCUT2D eigenvalue weighted by Gasteiger charge is -2.06. The molecule has 0 spiro atoms. The van der Waals surface area contributed by atoms with E-state index in [9.17, 15) is 0 Å². The van der Waals surface area contributed by atoms with Gasteiger partial charge in [0.15, 0.2) is 11.5 Å². The summed E-state index contributed by atoms with van der Waals surface area (Å²) in [5, 5.41) is 0. The van der Waals surface area contributed by atoms with E-state index in [0.29, 0.717) is 17.9 Å². The third-order valence-corrected chi connectivity index (χ3v) is 2.92. The van der Waals surface area contributed by atoms with Gasteiger partial charge in [0, 0.05) is 0 Å². The molecule has 0 unspecified atom stereocenters. The average molecular weight is 255 g/mol. The van der Waals surface area contributed by atoms with Gasteiger partial charge in [0.1, 0.15) is 17.6 Å². The number of imidazole rings is 1. The Morgan fingerprint density at radius 1 is 1.26 bits per heavy atom. The molecule has 0 saturated carbocycles. The molecule has 0 radical (unpaired) electrons. The molecule has 19 heavy (non-hydrogen) atoms. The van der Waals surface area contributed by atoms with Gasteiger partial charge in [-0.05, 0) is 17.7 Å². The maximum Gasteiger partial charge on any atom is 0.165 e. The number of fused-ring (bicyclic) bond motifs is 1. The lowest BCUT2D eigenvalue weighted by atomic mass is 10.2. The second-order valence-corrected chi connectivity index (χ2v) is 4.16. The van der Waals surface area contributed by atoms with Crippen LogP contribution in [0, 0.1) is 0 Å². The second-order valence-electron chi connectivity index (χ2n) is 4.16. The minimum absolute atomic E-state index is 0.398. The Hall–Kier alpha value is -2.63. The topological polar surface area (TPSA) is 78.9 Å². The lowest BCUT2D eigenvalue weighted by molar-refractivity contribution is 0.414. The quantitative estimate of drug-likeness (QED) is 0.766. The number of rotatable bonds is 3. The fourth-order valence-corrected chi connectivity index (χ4v) is 1.98. The first kappa shape index (κ1) is 11.5. The Balaban J connectivity index is 1.99. The Bertz CT molecular complexity index is 722. The van der Waals surface area contributed by atoms with E-state index in [1.54, 1.807) is 13.4 Å². The van der Waals surface area contributed by atoms with Gasteiger partial charge in [-0.3, -0.25) is 0 Å². The van der Waals surface area contributed by atoms with Crippen LogP contribution >= 0.6 is 0 Å². The summed E-state index contributed by atoms with van der Waals surface area (Å²) in [6, 6.07) is 7.88. The highest BCUT2D eigenvalue weighted by Gasteiger charge is 2.08. The number of hydrogen-bond acceptors (Lipinski definition) is 5. The predicted molar refractivity (Wildman–Crippen MR) is 71.8 cm³/mol. The Morgan fingerprint density at radius 3 is 3.00 bits per heavy atom. The molecule has 0 amide bonds. The number of aromatic nitrogens is 4. The van der Waals surface area contributed by atoms with Crippen LogP contribution in [0.25, 0.3) is 11.2 Å². The molecule has 6 nitrogen and oxygen atoms in total. The molecule has 2 aromatic heterocycles. The van der Waals surface area contributed by atoms with Gasteiger partial charge in [0.05, 0.1) is 20.0 Å². The van der Waals surface area contributed by atoms with E-state index in [1.807, 2.05) is 28.8 Å². The Morgan fingerprint density at radius 2 is 2.16 bits per heavy atom. The van der Waals surface area contributed by atoms with Crippen LogP contribution in [0.4, 0.5) is 5.82 Å². The number of nitrogens with two attached hydrogens (primary N) is 1. The number of nitrogens with zero attached hydrogens (tertiary/aromatic N) is 4. The molecule has 1 aromatic carbocycles. The summed E-state index contributed by atoms with van der Waals surface area (Å²) in [5.74, 6) is 1.23. The molecule has 0 aliphatic heterocycles. The van der Waals surface area contributed by atoms with Gasteiger partial charge >= 0.3 is 0 Å². The fraction of sp³-hybridized carbons (Fsp3) is 0.154. The van der Waals surface area contributed by atoms with Gasteiger partial charge in [-0.25, -0.2) is 15.0 Å². The van der Waals surface area contributed by atoms with E-state index in [1.165, 1.54) is 6.33 Å². The molecular weight excluding hydrogens is 242 g/mol. The monoisotopic (exact) mass is 255 g/mol. The highest BCUT2D eigenvalue weighted by atomic mass is 16.5. The maximum atomic E-state index is 5.76. The molecule has 0 aliphatic carbocycles. The van der Waals surface area contributed by atoms with Crippen molar-refractivity contribution in [3.05, 3.63) is 42.5 Å². The van der Waals surface area contributed by atoms with Crippen LogP contribution in [-0.2, 0) is 6.54 Å². The summed E-state index contributed by atoms with van der Waals surface area (Å²) in [6.07, 6.45) is 3.16. The summed E-state index contributed by atoms with van der Waals surface area (Å²) in [6.45, 7) is 0.657. The molecular formula is C13H13N5O. The van der Waals surface area contributed by atoms with Crippen LogP contribution < -0.4 is 10.5 Å². The van der Waals surface area contributed by atoms with Gasteiger partial charge in [-0.15, -0.1) is 0 Å². The smallest absolute Gasteiger partial charge is 0.165 e. The van der Waals surface area contributed by atoms with E-state index in [-0.39, 0.29) is 0 Å². The number of benzene rings is 1. The van der Waals surface area contributed by atoms with Crippen molar-refractivity contribution >= 4 is 17.0 Å². The van der Waals surface area contributed by atoms with Gasteiger partial charge in [-0.1, -0.05) is 12.1 Å². The maximum absolute atomic E-state index is 5.76. The van der Waals surface area contributed by atoms with Crippen molar-refractivity contribution in [3.63, 3.8) is 0 Å². The lowest BCUT2D eigenvalue weighted by Crippen LogP contribution is -2.00. The van der Waals surface area contributed by atoms with Gasteiger partial charge in [-0.2, -0.15) is 0 Å². The number of anilines is 1. The molecule has 0 bridgehead atoms. The van der Waals surface area contributed by atoms with Crippen LogP contribution in [-0.4, -0.2) is 26.6 Å². The molecule has 2 N–H and O–H groups in total. The highest BCUT2D eigenvalue weighted by Crippen LogP contribution is 2.18. The number of nitrogen functional groups attached to an aromatic ring is 1. The van der Waals surface area contributed by atoms with E-state index < -0.39 is 0 Å². The van der Waals surface area contributed by atoms with Crippen molar-refractivity contribution in [2.75, 3.05) is 12.8 Å². The summed E-state index contributed by atoms with van der Waals surface area (Å²) in [4.78, 5) is 12.4. The van der Waals surface area contributed by atoms with Gasteiger partial charge < -0.3 is 15.0 Å². The molecule has 0 saturated heterocycles. The summed E-state index contributed by atoms with van der Waals surface area (Å²) < 4.78 is 7.14. The largest absolute Gasteiger partial charge is 0.497 e. The molecule has 3 rings (SSSR count). The van der Waals surface area contributed by atoms with E-state index in [4.69, 9.17) is 10.5 Å².